The molecule has 0 aliphatic carbocycles. The molecule has 2 nitrogen and oxygen atoms in total. The summed E-state index contributed by atoms with van der Waals surface area (Å²) in [6.07, 6.45) is 2.43. The van der Waals surface area contributed by atoms with E-state index in [1.165, 1.54) is 18.2 Å². The molecule has 0 amide bonds. The number of rotatable bonds is 6. The molecule has 0 radical (unpaired) electrons. The SMILES string of the molecule is O=S(=O)(CCCCCBr)c1cccc(F)c1. The summed E-state index contributed by atoms with van der Waals surface area (Å²) in [5.41, 5.74) is 0. The molecular formula is C11H14BrFO2S. The van der Waals surface area contributed by atoms with Gasteiger partial charge in [0.25, 0.3) is 0 Å². The lowest BCUT2D eigenvalue weighted by molar-refractivity contribution is 0.586. The summed E-state index contributed by atoms with van der Waals surface area (Å²) in [6, 6.07) is 5.16. The predicted molar refractivity (Wildman–Crippen MR) is 66.1 cm³/mol. The number of sulfone groups is 1. The highest BCUT2D eigenvalue weighted by Crippen LogP contribution is 2.14. The van der Waals surface area contributed by atoms with Crippen LogP contribution >= 0.6 is 15.9 Å². The van der Waals surface area contributed by atoms with Crippen LogP contribution in [0.15, 0.2) is 29.2 Å². The molecule has 0 unspecified atom stereocenters. The zero-order valence-corrected chi connectivity index (χ0v) is 11.2. The Kier molecular flexibility index (Phi) is 5.41. The second kappa shape index (κ2) is 6.35. The number of benzene rings is 1. The van der Waals surface area contributed by atoms with Gasteiger partial charge < -0.3 is 0 Å². The van der Waals surface area contributed by atoms with Crippen molar-refractivity contribution in [1.29, 1.82) is 0 Å². The molecular weight excluding hydrogens is 295 g/mol. The van der Waals surface area contributed by atoms with Crippen molar-refractivity contribution in [3.63, 3.8) is 0 Å². The first-order valence-electron chi connectivity index (χ1n) is 5.10. The van der Waals surface area contributed by atoms with Gasteiger partial charge in [-0.05, 0) is 31.0 Å². The van der Waals surface area contributed by atoms with Gasteiger partial charge in [0.2, 0.25) is 0 Å². The topological polar surface area (TPSA) is 34.1 Å². The standard InChI is InChI=1S/C11H14BrFO2S/c12-7-2-1-3-8-16(14,15)11-6-4-5-10(13)9-11/h4-6,9H,1-3,7-8H2. The highest BCUT2D eigenvalue weighted by Gasteiger charge is 2.14. The lowest BCUT2D eigenvalue weighted by atomic mass is 10.3. The third-order valence-electron chi connectivity index (χ3n) is 2.20. The van der Waals surface area contributed by atoms with E-state index in [1.54, 1.807) is 0 Å². The first kappa shape index (κ1) is 13.6. The van der Waals surface area contributed by atoms with Gasteiger partial charge in [-0.15, -0.1) is 0 Å². The Bertz CT molecular complexity index is 431. The smallest absolute Gasteiger partial charge is 0.178 e. The second-order valence-electron chi connectivity index (χ2n) is 3.53. The Morgan fingerprint density at radius 2 is 1.94 bits per heavy atom. The van der Waals surface area contributed by atoms with Gasteiger partial charge in [0, 0.05) is 5.33 Å². The summed E-state index contributed by atoms with van der Waals surface area (Å²) < 4.78 is 36.4. The minimum absolute atomic E-state index is 0.0753. The van der Waals surface area contributed by atoms with E-state index < -0.39 is 15.7 Å². The molecule has 0 N–H and O–H groups in total. The normalized spacial score (nSPS) is 11.6. The maximum Gasteiger partial charge on any atom is 0.178 e. The molecule has 16 heavy (non-hydrogen) atoms. The van der Waals surface area contributed by atoms with Crippen LogP contribution in [-0.4, -0.2) is 19.5 Å². The molecule has 0 heterocycles. The number of unbranched alkanes of at least 4 members (excludes halogenated alkanes) is 2. The van der Waals surface area contributed by atoms with E-state index in [9.17, 15) is 12.8 Å². The molecule has 0 spiro atoms. The van der Waals surface area contributed by atoms with Crippen molar-refractivity contribution in [1.82, 2.24) is 0 Å². The molecule has 0 aromatic heterocycles. The number of alkyl halides is 1. The summed E-state index contributed by atoms with van der Waals surface area (Å²) in [5.74, 6) is -0.426. The molecule has 0 aliphatic heterocycles. The van der Waals surface area contributed by atoms with Crippen molar-refractivity contribution < 1.29 is 12.8 Å². The molecule has 1 aromatic carbocycles. The monoisotopic (exact) mass is 308 g/mol. The first-order valence-corrected chi connectivity index (χ1v) is 7.88. The van der Waals surface area contributed by atoms with Gasteiger partial charge in [0.05, 0.1) is 10.6 Å². The molecule has 0 saturated carbocycles. The summed E-state index contributed by atoms with van der Waals surface area (Å²) in [4.78, 5) is 0.0753. The van der Waals surface area contributed by atoms with Gasteiger partial charge in [-0.25, -0.2) is 12.8 Å². The van der Waals surface area contributed by atoms with Crippen LogP contribution in [0.3, 0.4) is 0 Å². The third-order valence-corrected chi connectivity index (χ3v) is 4.56. The van der Waals surface area contributed by atoms with Crippen LogP contribution in [0.1, 0.15) is 19.3 Å². The average Bonchev–Trinajstić information content (AvgIpc) is 2.24. The minimum atomic E-state index is -3.32. The van der Waals surface area contributed by atoms with Crippen LogP contribution in [-0.2, 0) is 9.84 Å². The van der Waals surface area contributed by atoms with Gasteiger partial charge in [0.15, 0.2) is 9.84 Å². The minimum Gasteiger partial charge on any atom is -0.224 e. The second-order valence-corrected chi connectivity index (χ2v) is 6.43. The zero-order valence-electron chi connectivity index (χ0n) is 8.83. The Morgan fingerprint density at radius 1 is 1.19 bits per heavy atom. The third kappa shape index (κ3) is 4.22. The van der Waals surface area contributed by atoms with Crippen molar-refractivity contribution in [2.45, 2.75) is 24.2 Å². The molecule has 0 aliphatic rings. The van der Waals surface area contributed by atoms with E-state index in [4.69, 9.17) is 0 Å². The molecule has 5 heteroatoms. The lowest BCUT2D eigenvalue weighted by Crippen LogP contribution is -2.07. The molecule has 1 rings (SSSR count). The largest absolute Gasteiger partial charge is 0.224 e. The molecule has 90 valence electrons. The molecule has 0 saturated heterocycles. The van der Waals surface area contributed by atoms with E-state index in [0.29, 0.717) is 6.42 Å². The van der Waals surface area contributed by atoms with E-state index in [0.717, 1.165) is 24.2 Å². The molecule has 0 atom stereocenters. The summed E-state index contributed by atoms with van der Waals surface area (Å²) in [5, 5.41) is 0.882. The highest BCUT2D eigenvalue weighted by atomic mass is 79.9. The van der Waals surface area contributed by atoms with Crippen LogP contribution in [0.25, 0.3) is 0 Å². The van der Waals surface area contributed by atoms with Crippen LogP contribution in [0.2, 0.25) is 0 Å². The lowest BCUT2D eigenvalue weighted by Gasteiger charge is -2.03. The predicted octanol–water partition coefficient (Wildman–Crippen LogP) is 3.16. The molecule has 1 aromatic rings. The van der Waals surface area contributed by atoms with Crippen LogP contribution < -0.4 is 0 Å². The van der Waals surface area contributed by atoms with Crippen molar-refractivity contribution in [2.75, 3.05) is 11.1 Å². The van der Waals surface area contributed by atoms with E-state index in [2.05, 4.69) is 15.9 Å². The van der Waals surface area contributed by atoms with Crippen molar-refractivity contribution in [2.24, 2.45) is 0 Å². The number of halogens is 2. The Balaban J connectivity index is 2.64. The Labute approximate surface area is 104 Å². The number of hydrogen-bond acceptors (Lipinski definition) is 2. The summed E-state index contributed by atoms with van der Waals surface area (Å²) >= 11 is 3.29. The van der Waals surface area contributed by atoms with Crippen LogP contribution in [0.5, 0.6) is 0 Å². The maximum atomic E-state index is 12.9. The maximum absolute atomic E-state index is 12.9. The van der Waals surface area contributed by atoms with E-state index in [1.807, 2.05) is 0 Å². The van der Waals surface area contributed by atoms with Crippen molar-refractivity contribution in [3.05, 3.63) is 30.1 Å². The quantitative estimate of drug-likeness (QED) is 0.597. The fourth-order valence-corrected chi connectivity index (χ4v) is 3.14. The average molecular weight is 309 g/mol. The summed E-state index contributed by atoms with van der Waals surface area (Å²) in [7, 11) is -3.32. The van der Waals surface area contributed by atoms with E-state index in [-0.39, 0.29) is 10.6 Å². The fourth-order valence-electron chi connectivity index (χ4n) is 1.34. The highest BCUT2D eigenvalue weighted by molar-refractivity contribution is 9.09. The zero-order chi connectivity index (χ0) is 12.0. The first-order chi connectivity index (χ1) is 7.56. The Hall–Kier alpha value is -0.420. The number of hydrogen-bond donors (Lipinski definition) is 0. The molecule has 0 bridgehead atoms. The van der Waals surface area contributed by atoms with Gasteiger partial charge >= 0.3 is 0 Å². The van der Waals surface area contributed by atoms with Gasteiger partial charge in [0.1, 0.15) is 5.82 Å². The van der Waals surface area contributed by atoms with Crippen LogP contribution in [0, 0.1) is 5.82 Å². The van der Waals surface area contributed by atoms with Gasteiger partial charge in [-0.1, -0.05) is 28.4 Å². The Morgan fingerprint density at radius 3 is 2.56 bits per heavy atom. The van der Waals surface area contributed by atoms with Gasteiger partial charge in [-0.3, -0.25) is 0 Å². The molecule has 0 fully saturated rings. The van der Waals surface area contributed by atoms with E-state index >= 15 is 0 Å². The van der Waals surface area contributed by atoms with Crippen molar-refractivity contribution in [3.8, 4) is 0 Å². The van der Waals surface area contributed by atoms with Crippen molar-refractivity contribution >= 4 is 25.8 Å². The van der Waals surface area contributed by atoms with Crippen LogP contribution in [0.4, 0.5) is 4.39 Å². The summed E-state index contributed by atoms with van der Waals surface area (Å²) in [6.45, 7) is 0. The fraction of sp³-hybridized carbons (Fsp3) is 0.455. The van der Waals surface area contributed by atoms with Gasteiger partial charge in [-0.2, -0.15) is 0 Å².